The molecular formula is C24H34F2N4O4. The van der Waals surface area contributed by atoms with Crippen molar-refractivity contribution in [1.82, 2.24) is 10.2 Å². The molecule has 2 heterocycles. The number of carbonyl (C=O) groups excluding carboxylic acids is 2. The van der Waals surface area contributed by atoms with Crippen LogP contribution in [0.15, 0.2) is 17.3 Å². The van der Waals surface area contributed by atoms with Gasteiger partial charge in [0, 0.05) is 70.0 Å². The summed E-state index contributed by atoms with van der Waals surface area (Å²) in [6, 6.07) is 2.41. The first-order valence-electron chi connectivity index (χ1n) is 11.8. The van der Waals surface area contributed by atoms with E-state index in [1.807, 2.05) is 18.7 Å². The van der Waals surface area contributed by atoms with Gasteiger partial charge in [-0.05, 0) is 26.8 Å². The van der Waals surface area contributed by atoms with E-state index in [2.05, 4.69) is 10.5 Å². The van der Waals surface area contributed by atoms with Crippen molar-refractivity contribution in [3.05, 3.63) is 29.3 Å². The van der Waals surface area contributed by atoms with Gasteiger partial charge in [0.05, 0.1) is 24.0 Å². The number of amides is 1. The van der Waals surface area contributed by atoms with Crippen molar-refractivity contribution < 1.29 is 27.9 Å². The molecule has 1 aromatic rings. The van der Waals surface area contributed by atoms with Crippen molar-refractivity contribution in [2.45, 2.75) is 65.2 Å². The number of benzene rings is 1. The van der Waals surface area contributed by atoms with Crippen LogP contribution in [0.3, 0.4) is 0 Å². The van der Waals surface area contributed by atoms with Crippen LogP contribution in [-0.2, 0) is 20.9 Å². The van der Waals surface area contributed by atoms with Gasteiger partial charge in [-0.1, -0.05) is 5.16 Å². The van der Waals surface area contributed by atoms with Crippen LogP contribution < -0.4 is 10.2 Å². The Balaban J connectivity index is 1.46. The number of nitrogens with zero attached hydrogens (tertiary/aromatic N) is 3. The number of ether oxygens (including phenoxy) is 1. The predicted molar refractivity (Wildman–Crippen MR) is 125 cm³/mol. The third-order valence-corrected chi connectivity index (χ3v) is 5.85. The van der Waals surface area contributed by atoms with Crippen LogP contribution in [0.4, 0.5) is 19.3 Å². The minimum atomic E-state index is -0.501. The summed E-state index contributed by atoms with van der Waals surface area (Å²) in [5.74, 6) is -1.05. The van der Waals surface area contributed by atoms with Gasteiger partial charge in [-0.3, -0.25) is 4.79 Å². The summed E-state index contributed by atoms with van der Waals surface area (Å²) in [7, 11) is 0. The fourth-order valence-corrected chi connectivity index (χ4v) is 3.99. The first kappa shape index (κ1) is 25.9. The second-order valence-electron chi connectivity index (χ2n) is 9.07. The zero-order chi connectivity index (χ0) is 24.7. The topological polar surface area (TPSA) is 83.5 Å². The zero-order valence-corrected chi connectivity index (χ0v) is 20.1. The van der Waals surface area contributed by atoms with Gasteiger partial charge in [-0.15, -0.1) is 0 Å². The summed E-state index contributed by atoms with van der Waals surface area (Å²) in [5, 5.41) is 7.11. The normalized spacial score (nSPS) is 17.2. The highest BCUT2D eigenvalue weighted by atomic mass is 19.1. The molecule has 1 aromatic carbocycles. The Kier molecular flexibility index (Phi) is 9.20. The van der Waals surface area contributed by atoms with Crippen LogP contribution in [0, 0.1) is 11.6 Å². The zero-order valence-electron chi connectivity index (χ0n) is 20.1. The van der Waals surface area contributed by atoms with Gasteiger partial charge in [0.2, 0.25) is 0 Å². The minimum absolute atomic E-state index is 0.0516. The molecule has 34 heavy (non-hydrogen) atoms. The van der Waals surface area contributed by atoms with Crippen molar-refractivity contribution in [2.24, 2.45) is 5.16 Å². The number of hydrogen-bond acceptors (Lipinski definition) is 7. The lowest BCUT2D eigenvalue weighted by atomic mass is 10.1. The van der Waals surface area contributed by atoms with Gasteiger partial charge in [-0.2, -0.15) is 0 Å². The van der Waals surface area contributed by atoms with Crippen LogP contribution in [-0.4, -0.2) is 67.4 Å². The number of oxime groups is 1. The van der Waals surface area contributed by atoms with Crippen molar-refractivity contribution in [3.63, 3.8) is 0 Å². The van der Waals surface area contributed by atoms with Crippen LogP contribution in [0.1, 0.15) is 52.0 Å². The fourth-order valence-electron chi connectivity index (χ4n) is 3.99. The molecule has 0 spiro atoms. The van der Waals surface area contributed by atoms with Gasteiger partial charge in [-0.25, -0.2) is 13.6 Å². The van der Waals surface area contributed by atoms with Crippen LogP contribution in [0.5, 0.6) is 0 Å². The van der Waals surface area contributed by atoms with Crippen LogP contribution in [0.25, 0.3) is 0 Å². The largest absolute Gasteiger partial charge is 0.447 e. The molecular weight excluding hydrogens is 446 g/mol. The molecule has 0 saturated carbocycles. The average Bonchev–Trinajstić information content (AvgIpc) is 2.80. The maximum Gasteiger partial charge on any atom is 0.410 e. The first-order valence-corrected chi connectivity index (χ1v) is 11.8. The number of ketones is 1. The van der Waals surface area contributed by atoms with Crippen LogP contribution >= 0.6 is 0 Å². The summed E-state index contributed by atoms with van der Waals surface area (Å²) >= 11 is 0. The average molecular weight is 481 g/mol. The quantitative estimate of drug-likeness (QED) is 0.572. The van der Waals surface area contributed by atoms with Crippen molar-refractivity contribution in [3.8, 4) is 0 Å². The molecule has 0 aliphatic carbocycles. The molecule has 0 radical (unpaired) electrons. The lowest BCUT2D eigenvalue weighted by Gasteiger charge is -2.32. The number of Topliss-reactive ketones (excluding diaryl/α,β-unsaturated/α-hetero) is 1. The second-order valence-corrected chi connectivity index (χ2v) is 9.07. The molecule has 0 unspecified atom stereocenters. The van der Waals surface area contributed by atoms with Gasteiger partial charge >= 0.3 is 6.09 Å². The SMILES string of the molecule is CC(=O)CNCc1cc(F)c(N2CCC(=NOC3CCN(C(=O)OC(C)C)CC3)CC2)cc1F. The van der Waals surface area contributed by atoms with E-state index in [1.54, 1.807) is 4.90 Å². The maximum absolute atomic E-state index is 14.7. The van der Waals surface area contributed by atoms with E-state index in [1.165, 1.54) is 19.1 Å². The molecule has 188 valence electrons. The number of halogens is 2. The number of carbonyl (C=O) groups is 2. The van der Waals surface area contributed by atoms with E-state index in [-0.39, 0.29) is 48.4 Å². The highest BCUT2D eigenvalue weighted by molar-refractivity contribution is 5.86. The van der Waals surface area contributed by atoms with E-state index in [0.29, 0.717) is 51.9 Å². The number of anilines is 1. The summed E-state index contributed by atoms with van der Waals surface area (Å²) < 4.78 is 34.3. The summed E-state index contributed by atoms with van der Waals surface area (Å²) in [5.41, 5.74) is 1.32. The molecule has 3 rings (SSSR count). The number of piperidine rings is 2. The molecule has 2 saturated heterocycles. The molecule has 0 aromatic heterocycles. The molecule has 0 bridgehead atoms. The Morgan fingerprint density at radius 2 is 1.79 bits per heavy atom. The Labute approximate surface area is 199 Å². The monoisotopic (exact) mass is 480 g/mol. The number of likely N-dealkylation sites (tertiary alicyclic amines) is 1. The molecule has 1 N–H and O–H groups in total. The van der Waals surface area contributed by atoms with Crippen molar-refractivity contribution in [2.75, 3.05) is 37.6 Å². The Morgan fingerprint density at radius 1 is 1.12 bits per heavy atom. The molecule has 1 amide bonds. The Bertz CT molecular complexity index is 891. The smallest absolute Gasteiger partial charge is 0.410 e. The molecule has 2 aliphatic rings. The highest BCUT2D eigenvalue weighted by Crippen LogP contribution is 2.26. The molecule has 10 heteroatoms. The van der Waals surface area contributed by atoms with Crippen molar-refractivity contribution in [1.29, 1.82) is 0 Å². The lowest BCUT2D eigenvalue weighted by Crippen LogP contribution is -2.41. The van der Waals surface area contributed by atoms with Gasteiger partial charge < -0.3 is 24.7 Å². The third kappa shape index (κ3) is 7.38. The number of nitrogens with one attached hydrogen (secondary N) is 1. The first-order chi connectivity index (χ1) is 16.2. The van der Waals surface area contributed by atoms with Gasteiger partial charge in [0.25, 0.3) is 0 Å². The van der Waals surface area contributed by atoms with Crippen molar-refractivity contribution >= 4 is 23.3 Å². The molecule has 2 aliphatic heterocycles. The highest BCUT2D eigenvalue weighted by Gasteiger charge is 2.26. The molecule has 2 fully saturated rings. The summed E-state index contributed by atoms with van der Waals surface area (Å²) in [6.45, 7) is 7.45. The number of rotatable bonds is 8. The lowest BCUT2D eigenvalue weighted by molar-refractivity contribution is -0.116. The van der Waals surface area contributed by atoms with Gasteiger partial charge in [0.1, 0.15) is 23.5 Å². The standard InChI is InChI=1S/C24H34F2N4O4/c1-16(2)33-24(32)30-10-6-20(7-11-30)34-28-19-4-8-29(9-5-19)23-13-21(25)18(12-22(23)26)15-27-14-17(3)31/h12-13,16,20,27H,4-11,14-15H2,1-3H3. The van der Waals surface area contributed by atoms with E-state index in [4.69, 9.17) is 9.57 Å². The summed E-state index contributed by atoms with van der Waals surface area (Å²) in [4.78, 5) is 32.2. The Morgan fingerprint density at radius 3 is 2.41 bits per heavy atom. The molecule has 8 nitrogen and oxygen atoms in total. The minimum Gasteiger partial charge on any atom is -0.447 e. The third-order valence-electron chi connectivity index (χ3n) is 5.85. The summed E-state index contributed by atoms with van der Waals surface area (Å²) in [6.07, 6.45) is 2.09. The Hall–Kier alpha value is -2.75. The van der Waals surface area contributed by atoms with E-state index >= 15 is 0 Å². The van der Waals surface area contributed by atoms with E-state index in [9.17, 15) is 18.4 Å². The molecule has 0 atom stereocenters. The van der Waals surface area contributed by atoms with Crippen LogP contribution in [0.2, 0.25) is 0 Å². The van der Waals surface area contributed by atoms with E-state index in [0.717, 1.165) is 5.71 Å². The van der Waals surface area contributed by atoms with E-state index < -0.39 is 11.6 Å². The predicted octanol–water partition coefficient (Wildman–Crippen LogP) is 3.63. The van der Waals surface area contributed by atoms with Gasteiger partial charge in [0.15, 0.2) is 0 Å². The fraction of sp³-hybridized carbons (Fsp3) is 0.625. The second kappa shape index (κ2) is 12.1. The maximum atomic E-state index is 14.7. The number of hydrogen-bond donors (Lipinski definition) is 1.